The highest BCUT2D eigenvalue weighted by Gasteiger charge is 2.13. The second-order valence-corrected chi connectivity index (χ2v) is 4.47. The van der Waals surface area contributed by atoms with Crippen molar-refractivity contribution < 1.29 is 9.47 Å². The van der Waals surface area contributed by atoms with E-state index in [0.717, 1.165) is 34.7 Å². The molecule has 0 saturated carbocycles. The van der Waals surface area contributed by atoms with Crippen molar-refractivity contribution in [2.75, 3.05) is 18.9 Å². The molecule has 1 aromatic heterocycles. The summed E-state index contributed by atoms with van der Waals surface area (Å²) in [7, 11) is 0. The fourth-order valence-corrected chi connectivity index (χ4v) is 2.06. The molecule has 0 aliphatic carbocycles. The first-order valence-electron chi connectivity index (χ1n) is 6.23. The first-order valence-corrected chi connectivity index (χ1v) is 6.23. The highest BCUT2D eigenvalue weighted by molar-refractivity contribution is 5.67. The SMILES string of the molecule is Cc1cnc(N)nc1-c1ccc2c(c1)OCCCO2. The number of aryl methyl sites for hydroxylation is 1. The van der Waals surface area contributed by atoms with Crippen LogP contribution in [0.4, 0.5) is 5.95 Å². The zero-order valence-electron chi connectivity index (χ0n) is 10.7. The third kappa shape index (κ3) is 2.31. The summed E-state index contributed by atoms with van der Waals surface area (Å²) in [6.45, 7) is 3.31. The molecule has 0 amide bonds. The number of fused-ring (bicyclic) bond motifs is 1. The molecule has 0 bridgehead atoms. The van der Waals surface area contributed by atoms with Gasteiger partial charge >= 0.3 is 0 Å². The first kappa shape index (κ1) is 11.8. The largest absolute Gasteiger partial charge is 0.490 e. The number of benzene rings is 1. The van der Waals surface area contributed by atoms with Crippen LogP contribution in [0.25, 0.3) is 11.3 Å². The lowest BCUT2D eigenvalue weighted by Crippen LogP contribution is -1.99. The summed E-state index contributed by atoms with van der Waals surface area (Å²) in [5.74, 6) is 1.81. The minimum absolute atomic E-state index is 0.271. The van der Waals surface area contributed by atoms with Crippen molar-refractivity contribution in [3.05, 3.63) is 30.0 Å². The molecule has 2 aromatic rings. The van der Waals surface area contributed by atoms with Crippen molar-refractivity contribution in [1.29, 1.82) is 0 Å². The molecule has 0 radical (unpaired) electrons. The summed E-state index contributed by atoms with van der Waals surface area (Å²) < 4.78 is 11.3. The Morgan fingerprint density at radius 3 is 2.79 bits per heavy atom. The number of rotatable bonds is 1. The molecule has 2 heterocycles. The zero-order chi connectivity index (χ0) is 13.2. The third-order valence-corrected chi connectivity index (χ3v) is 3.01. The Morgan fingerprint density at radius 1 is 1.16 bits per heavy atom. The van der Waals surface area contributed by atoms with Crippen LogP contribution in [0.5, 0.6) is 11.5 Å². The molecule has 0 saturated heterocycles. The molecule has 5 heteroatoms. The van der Waals surface area contributed by atoms with Crippen molar-refractivity contribution in [2.24, 2.45) is 0 Å². The van der Waals surface area contributed by atoms with Crippen molar-refractivity contribution in [3.63, 3.8) is 0 Å². The maximum atomic E-state index is 5.68. The maximum Gasteiger partial charge on any atom is 0.220 e. The summed E-state index contributed by atoms with van der Waals surface area (Å²) in [4.78, 5) is 8.26. The molecule has 5 nitrogen and oxygen atoms in total. The molecular formula is C14H15N3O2. The fourth-order valence-electron chi connectivity index (χ4n) is 2.06. The van der Waals surface area contributed by atoms with Gasteiger partial charge in [0.05, 0.1) is 18.9 Å². The van der Waals surface area contributed by atoms with Gasteiger partial charge in [-0.15, -0.1) is 0 Å². The van der Waals surface area contributed by atoms with E-state index in [2.05, 4.69) is 9.97 Å². The second kappa shape index (κ2) is 4.76. The van der Waals surface area contributed by atoms with Crippen molar-refractivity contribution >= 4 is 5.95 Å². The number of hydrogen-bond acceptors (Lipinski definition) is 5. The minimum atomic E-state index is 0.271. The van der Waals surface area contributed by atoms with E-state index in [1.54, 1.807) is 6.20 Å². The molecule has 0 fully saturated rings. The topological polar surface area (TPSA) is 70.3 Å². The van der Waals surface area contributed by atoms with Gasteiger partial charge in [-0.2, -0.15) is 0 Å². The Labute approximate surface area is 111 Å². The molecule has 0 spiro atoms. The van der Waals surface area contributed by atoms with Gasteiger partial charge in [-0.25, -0.2) is 9.97 Å². The van der Waals surface area contributed by atoms with E-state index in [4.69, 9.17) is 15.2 Å². The van der Waals surface area contributed by atoms with E-state index >= 15 is 0 Å². The number of hydrogen-bond donors (Lipinski definition) is 1. The summed E-state index contributed by atoms with van der Waals surface area (Å²) in [6, 6.07) is 5.81. The van der Waals surface area contributed by atoms with Crippen LogP contribution in [-0.2, 0) is 0 Å². The molecule has 0 atom stereocenters. The van der Waals surface area contributed by atoms with Gasteiger partial charge in [-0.05, 0) is 30.7 Å². The average molecular weight is 257 g/mol. The zero-order valence-corrected chi connectivity index (χ0v) is 10.7. The van der Waals surface area contributed by atoms with Crippen LogP contribution in [0.15, 0.2) is 24.4 Å². The van der Waals surface area contributed by atoms with E-state index in [0.29, 0.717) is 13.2 Å². The van der Waals surface area contributed by atoms with E-state index in [-0.39, 0.29) is 5.95 Å². The van der Waals surface area contributed by atoms with Crippen LogP contribution in [-0.4, -0.2) is 23.2 Å². The Morgan fingerprint density at radius 2 is 1.95 bits per heavy atom. The Kier molecular flexibility index (Phi) is 2.95. The second-order valence-electron chi connectivity index (χ2n) is 4.47. The van der Waals surface area contributed by atoms with Gasteiger partial charge in [0.1, 0.15) is 0 Å². The quantitative estimate of drug-likeness (QED) is 0.848. The lowest BCUT2D eigenvalue weighted by molar-refractivity contribution is 0.297. The van der Waals surface area contributed by atoms with Gasteiger partial charge in [0.25, 0.3) is 0 Å². The van der Waals surface area contributed by atoms with E-state index in [1.165, 1.54) is 0 Å². The average Bonchev–Trinajstić information content (AvgIpc) is 2.66. The number of anilines is 1. The van der Waals surface area contributed by atoms with E-state index in [1.807, 2.05) is 25.1 Å². The van der Waals surface area contributed by atoms with Crippen LogP contribution >= 0.6 is 0 Å². The fraction of sp³-hybridized carbons (Fsp3) is 0.286. The third-order valence-electron chi connectivity index (χ3n) is 3.01. The van der Waals surface area contributed by atoms with Gasteiger partial charge in [-0.3, -0.25) is 0 Å². The summed E-state index contributed by atoms with van der Waals surface area (Å²) in [5.41, 5.74) is 8.40. The van der Waals surface area contributed by atoms with Crippen LogP contribution in [0.2, 0.25) is 0 Å². The lowest BCUT2D eigenvalue weighted by atomic mass is 10.1. The van der Waals surface area contributed by atoms with Crippen molar-refractivity contribution in [3.8, 4) is 22.8 Å². The molecule has 1 aromatic carbocycles. The summed E-state index contributed by atoms with van der Waals surface area (Å²) in [6.07, 6.45) is 2.62. The minimum Gasteiger partial charge on any atom is -0.490 e. The van der Waals surface area contributed by atoms with Gasteiger partial charge in [-0.1, -0.05) is 0 Å². The smallest absolute Gasteiger partial charge is 0.220 e. The lowest BCUT2D eigenvalue weighted by Gasteiger charge is -2.10. The highest BCUT2D eigenvalue weighted by atomic mass is 16.5. The van der Waals surface area contributed by atoms with Crippen LogP contribution in [0.3, 0.4) is 0 Å². The molecule has 1 aliphatic heterocycles. The van der Waals surface area contributed by atoms with E-state index in [9.17, 15) is 0 Å². The van der Waals surface area contributed by atoms with Gasteiger partial charge in [0, 0.05) is 18.2 Å². The van der Waals surface area contributed by atoms with E-state index < -0.39 is 0 Å². The van der Waals surface area contributed by atoms with Gasteiger partial charge in [0.15, 0.2) is 11.5 Å². The Hall–Kier alpha value is -2.30. The van der Waals surface area contributed by atoms with Crippen LogP contribution in [0, 0.1) is 6.92 Å². The molecular weight excluding hydrogens is 242 g/mol. The molecule has 19 heavy (non-hydrogen) atoms. The number of nitrogens with zero attached hydrogens (tertiary/aromatic N) is 2. The van der Waals surface area contributed by atoms with Crippen molar-refractivity contribution in [1.82, 2.24) is 9.97 Å². The van der Waals surface area contributed by atoms with Crippen LogP contribution in [0.1, 0.15) is 12.0 Å². The number of nitrogens with two attached hydrogens (primary N) is 1. The highest BCUT2D eigenvalue weighted by Crippen LogP contribution is 2.34. The standard InChI is InChI=1S/C14H15N3O2/c1-9-8-16-14(15)17-13(9)10-3-4-11-12(7-10)19-6-2-5-18-11/h3-4,7-8H,2,5-6H2,1H3,(H2,15,16,17). The molecule has 1 aliphatic rings. The predicted molar refractivity (Wildman–Crippen MR) is 72.2 cm³/mol. The molecule has 0 unspecified atom stereocenters. The molecule has 3 rings (SSSR count). The normalized spacial score (nSPS) is 13.9. The number of aromatic nitrogens is 2. The Balaban J connectivity index is 2.06. The van der Waals surface area contributed by atoms with Gasteiger partial charge in [0.2, 0.25) is 5.95 Å². The Bertz CT molecular complexity index is 614. The van der Waals surface area contributed by atoms with Crippen molar-refractivity contribution in [2.45, 2.75) is 13.3 Å². The number of nitrogen functional groups attached to an aromatic ring is 1. The van der Waals surface area contributed by atoms with Gasteiger partial charge < -0.3 is 15.2 Å². The number of ether oxygens (including phenoxy) is 2. The predicted octanol–water partition coefficient (Wildman–Crippen LogP) is 2.20. The maximum absolute atomic E-state index is 5.68. The molecule has 2 N–H and O–H groups in total. The monoisotopic (exact) mass is 257 g/mol. The molecule has 98 valence electrons. The first-order chi connectivity index (χ1) is 9.24. The summed E-state index contributed by atoms with van der Waals surface area (Å²) in [5, 5.41) is 0. The summed E-state index contributed by atoms with van der Waals surface area (Å²) >= 11 is 0. The van der Waals surface area contributed by atoms with Crippen LogP contribution < -0.4 is 15.2 Å².